The summed E-state index contributed by atoms with van der Waals surface area (Å²) in [6, 6.07) is 7.30. The Morgan fingerprint density at radius 3 is 2.84 bits per heavy atom. The topological polar surface area (TPSA) is 61.0 Å². The Hall–Kier alpha value is -1.92. The van der Waals surface area contributed by atoms with Crippen molar-refractivity contribution in [1.82, 2.24) is 9.97 Å². The first-order valence-electron chi connectivity index (χ1n) is 5.28. The van der Waals surface area contributed by atoms with Crippen LogP contribution in [0.3, 0.4) is 0 Å². The Kier molecular flexibility index (Phi) is 2.96. The van der Waals surface area contributed by atoms with E-state index >= 15 is 0 Å². The van der Waals surface area contributed by atoms with Crippen molar-refractivity contribution in [3.63, 3.8) is 0 Å². The van der Waals surface area contributed by atoms with E-state index in [1.807, 2.05) is 0 Å². The first-order chi connectivity index (χ1) is 9.11. The molecule has 0 radical (unpaired) electrons. The molecule has 0 aliphatic carbocycles. The zero-order chi connectivity index (χ0) is 13.4. The van der Waals surface area contributed by atoms with Gasteiger partial charge < -0.3 is 10.5 Å². The van der Waals surface area contributed by atoms with E-state index in [0.29, 0.717) is 27.1 Å². The highest BCUT2D eigenvalue weighted by Gasteiger charge is 2.08. The zero-order valence-electron chi connectivity index (χ0n) is 9.43. The van der Waals surface area contributed by atoms with Gasteiger partial charge in [0.25, 0.3) is 0 Å². The minimum Gasteiger partial charge on any atom is -0.437 e. The summed E-state index contributed by atoms with van der Waals surface area (Å²) in [5.74, 6) is 0.271. The van der Waals surface area contributed by atoms with Gasteiger partial charge in [0.1, 0.15) is 21.9 Å². The highest BCUT2D eigenvalue weighted by atomic mass is 35.5. The maximum Gasteiger partial charge on any atom is 0.220 e. The molecule has 0 saturated carbocycles. The van der Waals surface area contributed by atoms with Gasteiger partial charge in [0, 0.05) is 6.07 Å². The van der Waals surface area contributed by atoms with E-state index in [-0.39, 0.29) is 5.02 Å². The molecule has 4 nitrogen and oxygen atoms in total. The van der Waals surface area contributed by atoms with Gasteiger partial charge in [-0.15, -0.1) is 0 Å². The molecule has 0 bridgehead atoms. The van der Waals surface area contributed by atoms with Crippen LogP contribution < -0.4 is 10.5 Å². The van der Waals surface area contributed by atoms with E-state index in [4.69, 9.17) is 22.1 Å². The molecule has 96 valence electrons. The van der Waals surface area contributed by atoms with Gasteiger partial charge >= 0.3 is 0 Å². The van der Waals surface area contributed by atoms with Crippen LogP contribution >= 0.6 is 22.9 Å². The second-order valence-electron chi connectivity index (χ2n) is 3.70. The Morgan fingerprint density at radius 1 is 1.21 bits per heavy atom. The lowest BCUT2D eigenvalue weighted by atomic mass is 10.3. The van der Waals surface area contributed by atoms with E-state index in [1.165, 1.54) is 29.5 Å². The number of anilines is 1. The quantitative estimate of drug-likeness (QED) is 0.780. The van der Waals surface area contributed by atoms with E-state index in [2.05, 4.69) is 9.97 Å². The Labute approximate surface area is 116 Å². The second kappa shape index (κ2) is 4.64. The number of hydrogen-bond acceptors (Lipinski definition) is 5. The number of thiazole rings is 1. The zero-order valence-corrected chi connectivity index (χ0v) is 11.0. The SMILES string of the molecule is Nc1nc2ccc(Oc3ccc(F)cc3Cl)nc2s1. The summed E-state index contributed by atoms with van der Waals surface area (Å²) in [7, 11) is 0. The van der Waals surface area contributed by atoms with Crippen LogP contribution in [0.25, 0.3) is 10.3 Å². The average molecular weight is 296 g/mol. The minimum absolute atomic E-state index is 0.186. The molecule has 7 heteroatoms. The molecule has 3 rings (SSSR count). The number of aromatic nitrogens is 2. The van der Waals surface area contributed by atoms with Crippen LogP contribution in [-0.2, 0) is 0 Å². The molecule has 2 aromatic heterocycles. The van der Waals surface area contributed by atoms with Crippen molar-refractivity contribution in [2.45, 2.75) is 0 Å². The van der Waals surface area contributed by atoms with E-state index in [9.17, 15) is 4.39 Å². The van der Waals surface area contributed by atoms with E-state index < -0.39 is 5.82 Å². The van der Waals surface area contributed by atoms with Gasteiger partial charge in [0.05, 0.1) is 5.02 Å². The number of nitrogens with zero attached hydrogens (tertiary/aromatic N) is 2. The maximum atomic E-state index is 12.9. The van der Waals surface area contributed by atoms with Crippen LogP contribution in [0, 0.1) is 5.82 Å². The van der Waals surface area contributed by atoms with Crippen LogP contribution in [-0.4, -0.2) is 9.97 Å². The number of rotatable bonds is 2. The number of nitrogens with two attached hydrogens (primary N) is 1. The summed E-state index contributed by atoms with van der Waals surface area (Å²) in [5, 5.41) is 0.630. The highest BCUT2D eigenvalue weighted by molar-refractivity contribution is 7.21. The van der Waals surface area contributed by atoms with Crippen LogP contribution in [0.5, 0.6) is 11.6 Å². The molecule has 0 atom stereocenters. The molecule has 0 aliphatic heterocycles. The second-order valence-corrected chi connectivity index (χ2v) is 5.12. The molecule has 0 fully saturated rings. The van der Waals surface area contributed by atoms with E-state index in [0.717, 1.165) is 0 Å². The first-order valence-corrected chi connectivity index (χ1v) is 6.47. The number of hydrogen-bond donors (Lipinski definition) is 1. The van der Waals surface area contributed by atoms with Crippen LogP contribution in [0.1, 0.15) is 0 Å². The third-order valence-corrected chi connectivity index (χ3v) is 3.44. The lowest BCUT2D eigenvalue weighted by Crippen LogP contribution is -1.89. The van der Waals surface area contributed by atoms with Gasteiger partial charge in [-0.05, 0) is 24.3 Å². The molecular formula is C12H7ClFN3OS. The summed E-state index contributed by atoms with van der Waals surface area (Å²) >= 11 is 7.15. The molecule has 0 amide bonds. The van der Waals surface area contributed by atoms with E-state index in [1.54, 1.807) is 12.1 Å². The third-order valence-electron chi connectivity index (χ3n) is 2.35. The number of fused-ring (bicyclic) bond motifs is 1. The number of halogens is 2. The molecule has 2 N–H and O–H groups in total. The molecule has 3 aromatic rings. The maximum absolute atomic E-state index is 12.9. The summed E-state index contributed by atoms with van der Waals surface area (Å²) in [6.07, 6.45) is 0. The number of benzene rings is 1. The normalized spacial score (nSPS) is 10.8. The Balaban J connectivity index is 1.96. The van der Waals surface area contributed by atoms with Gasteiger partial charge in [-0.2, -0.15) is 0 Å². The molecule has 19 heavy (non-hydrogen) atoms. The van der Waals surface area contributed by atoms with Crippen molar-refractivity contribution in [3.05, 3.63) is 41.2 Å². The smallest absolute Gasteiger partial charge is 0.220 e. The first kappa shape index (κ1) is 12.1. The monoisotopic (exact) mass is 295 g/mol. The van der Waals surface area contributed by atoms with Gasteiger partial charge in [0.2, 0.25) is 5.88 Å². The highest BCUT2D eigenvalue weighted by Crippen LogP contribution is 2.31. The summed E-state index contributed by atoms with van der Waals surface area (Å²) < 4.78 is 18.4. The predicted molar refractivity (Wildman–Crippen MR) is 73.3 cm³/mol. The van der Waals surface area contributed by atoms with Crippen molar-refractivity contribution in [1.29, 1.82) is 0 Å². The fourth-order valence-electron chi connectivity index (χ4n) is 1.54. The lowest BCUT2D eigenvalue weighted by molar-refractivity contribution is 0.464. The fraction of sp³-hybridized carbons (Fsp3) is 0. The van der Waals surface area contributed by atoms with Crippen molar-refractivity contribution in [2.75, 3.05) is 5.73 Å². The predicted octanol–water partition coefficient (Wildman–Crippen LogP) is 3.86. The van der Waals surface area contributed by atoms with Crippen molar-refractivity contribution < 1.29 is 9.13 Å². The molecule has 0 spiro atoms. The third kappa shape index (κ3) is 2.45. The van der Waals surface area contributed by atoms with Gasteiger partial charge in [-0.25, -0.2) is 14.4 Å². The fourth-order valence-corrected chi connectivity index (χ4v) is 2.45. The van der Waals surface area contributed by atoms with Gasteiger partial charge in [-0.1, -0.05) is 22.9 Å². The number of pyridine rings is 1. The molecule has 2 heterocycles. The standard InChI is InChI=1S/C12H7ClFN3OS/c13-7-5-6(14)1-3-9(7)18-10-4-2-8-11(17-10)19-12(15)16-8/h1-5H,(H2,15,16). The summed E-state index contributed by atoms with van der Waals surface area (Å²) in [6.45, 7) is 0. The lowest BCUT2D eigenvalue weighted by Gasteiger charge is -2.06. The van der Waals surface area contributed by atoms with Crippen LogP contribution in [0.4, 0.5) is 9.52 Å². The number of nitrogen functional groups attached to an aromatic ring is 1. The minimum atomic E-state index is -0.420. The molecular weight excluding hydrogens is 289 g/mol. The van der Waals surface area contributed by atoms with Crippen LogP contribution in [0.15, 0.2) is 30.3 Å². The summed E-state index contributed by atoms with van der Waals surface area (Å²) in [5.41, 5.74) is 6.31. The molecule has 0 saturated heterocycles. The van der Waals surface area contributed by atoms with Crippen molar-refractivity contribution in [2.24, 2.45) is 0 Å². The molecule has 0 aliphatic rings. The largest absolute Gasteiger partial charge is 0.437 e. The average Bonchev–Trinajstić information content (AvgIpc) is 2.72. The summed E-state index contributed by atoms with van der Waals surface area (Å²) in [4.78, 5) is 9.02. The van der Waals surface area contributed by atoms with Crippen molar-refractivity contribution in [3.8, 4) is 11.6 Å². The molecule has 0 unspecified atom stereocenters. The van der Waals surface area contributed by atoms with Gasteiger partial charge in [0.15, 0.2) is 5.13 Å². The van der Waals surface area contributed by atoms with Crippen LogP contribution in [0.2, 0.25) is 5.02 Å². The Morgan fingerprint density at radius 2 is 2.05 bits per heavy atom. The van der Waals surface area contributed by atoms with Gasteiger partial charge in [-0.3, -0.25) is 0 Å². The molecule has 1 aromatic carbocycles. The Bertz CT molecular complexity index is 762. The number of ether oxygens (including phenoxy) is 1. The van der Waals surface area contributed by atoms with Crippen molar-refractivity contribution >= 4 is 38.4 Å².